The van der Waals surface area contributed by atoms with Gasteiger partial charge < -0.3 is 43.0 Å². The molecule has 0 N–H and O–H groups in total. The lowest BCUT2D eigenvalue weighted by Crippen LogP contribution is -2.39. The third-order valence-electron chi connectivity index (χ3n) is 10.0. The number of rotatable bonds is 13. The molecule has 2 amide bonds. The molecule has 2 aromatic carbocycles. The van der Waals surface area contributed by atoms with Crippen molar-refractivity contribution in [2.75, 3.05) is 75.9 Å². The summed E-state index contributed by atoms with van der Waals surface area (Å²) in [5, 5.41) is 0. The van der Waals surface area contributed by atoms with E-state index in [1.165, 1.54) is 33.5 Å². The van der Waals surface area contributed by atoms with Gasteiger partial charge in [-0.2, -0.15) is 0 Å². The lowest BCUT2D eigenvalue weighted by Gasteiger charge is -2.35. The predicted octanol–water partition coefficient (Wildman–Crippen LogP) is 5.30. The van der Waals surface area contributed by atoms with E-state index in [0.29, 0.717) is 83.6 Å². The quantitative estimate of drug-likeness (QED) is 0.151. The van der Waals surface area contributed by atoms with Crippen molar-refractivity contribution in [3.63, 3.8) is 0 Å². The van der Waals surface area contributed by atoms with Crippen LogP contribution in [0.15, 0.2) is 48.6 Å². The van der Waals surface area contributed by atoms with E-state index < -0.39 is 0 Å². The Morgan fingerprint density at radius 1 is 0.600 bits per heavy atom. The second-order valence-corrected chi connectivity index (χ2v) is 13.3. The van der Waals surface area contributed by atoms with Crippen LogP contribution < -0.4 is 28.4 Å². The van der Waals surface area contributed by atoms with Gasteiger partial charge in [-0.05, 0) is 86.8 Å². The summed E-state index contributed by atoms with van der Waals surface area (Å²) in [6.45, 7) is 2.46. The minimum absolute atomic E-state index is 0.0936. The third kappa shape index (κ3) is 11.6. The van der Waals surface area contributed by atoms with Gasteiger partial charge in [0.2, 0.25) is 23.3 Å². The lowest BCUT2D eigenvalue weighted by molar-refractivity contribution is -0.147. The molecule has 2 fully saturated rings. The van der Waals surface area contributed by atoms with Crippen LogP contribution in [0.1, 0.15) is 49.7 Å². The molecule has 12 heteroatoms. The Balaban J connectivity index is 1.23. The average molecular weight is 757 g/mol. The van der Waals surface area contributed by atoms with Crippen LogP contribution in [0.25, 0.3) is 0 Å². The minimum atomic E-state index is -0.222. The van der Waals surface area contributed by atoms with Crippen LogP contribution in [-0.2, 0) is 19.1 Å². The number of likely N-dealkylation sites (tertiary alicyclic amines) is 2. The van der Waals surface area contributed by atoms with E-state index in [-0.39, 0.29) is 23.7 Å². The molecule has 0 radical (unpaired) electrons. The smallest absolute Gasteiger partial charge is 0.308 e. The summed E-state index contributed by atoms with van der Waals surface area (Å²) in [5.41, 5.74) is 1.33. The molecule has 55 heavy (non-hydrogen) atoms. The van der Waals surface area contributed by atoms with Gasteiger partial charge in [0.05, 0.1) is 55.7 Å². The van der Waals surface area contributed by atoms with E-state index in [1.807, 2.05) is 9.80 Å². The molecule has 12 nitrogen and oxygen atoms in total. The topological polar surface area (TPSA) is 122 Å². The van der Waals surface area contributed by atoms with Crippen LogP contribution in [0.4, 0.5) is 0 Å². The highest BCUT2D eigenvalue weighted by Gasteiger charge is 2.31. The molecule has 0 aliphatic carbocycles. The predicted molar refractivity (Wildman–Crippen MR) is 208 cm³/mol. The number of amides is 2. The number of piperidine rings is 2. The van der Waals surface area contributed by atoms with Gasteiger partial charge >= 0.3 is 5.97 Å². The first kappa shape index (κ1) is 42.0. The summed E-state index contributed by atoms with van der Waals surface area (Å²) >= 11 is 0. The van der Waals surface area contributed by atoms with E-state index >= 15 is 0 Å². The van der Waals surface area contributed by atoms with Crippen molar-refractivity contribution >= 4 is 17.8 Å². The summed E-state index contributed by atoms with van der Waals surface area (Å²) in [6, 6.07) is 7.00. The molecular weight excluding hydrogens is 704 g/mol. The van der Waals surface area contributed by atoms with Gasteiger partial charge in [0.25, 0.3) is 0 Å². The zero-order valence-electron chi connectivity index (χ0n) is 32.9. The zero-order valence-corrected chi connectivity index (χ0v) is 32.9. The molecule has 2 saturated heterocycles. The Kier molecular flexibility index (Phi) is 16.2. The highest BCUT2D eigenvalue weighted by atomic mass is 16.5. The highest BCUT2D eigenvalue weighted by Crippen LogP contribution is 2.39. The maximum atomic E-state index is 12.9. The standard InChI is InChI=1S/C43H52N2O10/c1-49-35-26-32(27-36(50-2)41(35)53-5)12-8-10-14-39(46)44-20-16-30(17-21-44)24-34(43(48)55-7)25-31-18-22-45(23-19-31)40(47)15-11-9-13-33-28-37(51-3)42(54-6)38(29-33)52-4/h10-11,14-15,26-31,34H,16-25H2,1-7H3/b14-10+,15-11+. The number of carbonyl (C=O) groups is 3. The number of hydrogen-bond donors (Lipinski definition) is 0. The maximum Gasteiger partial charge on any atom is 0.308 e. The van der Waals surface area contributed by atoms with Crippen LogP contribution in [-0.4, -0.2) is 104 Å². The fourth-order valence-electron chi connectivity index (χ4n) is 7.03. The molecule has 0 saturated carbocycles. The van der Waals surface area contributed by atoms with Crippen LogP contribution in [0.5, 0.6) is 34.5 Å². The van der Waals surface area contributed by atoms with Crippen LogP contribution in [0, 0.1) is 41.4 Å². The number of ether oxygens (including phenoxy) is 7. The van der Waals surface area contributed by atoms with Crippen LogP contribution >= 0.6 is 0 Å². The molecule has 2 aliphatic heterocycles. The third-order valence-corrected chi connectivity index (χ3v) is 10.0. The summed E-state index contributed by atoms with van der Waals surface area (Å²) in [7, 11) is 10.7. The zero-order chi connectivity index (χ0) is 39.7. The van der Waals surface area contributed by atoms with Gasteiger partial charge in [-0.3, -0.25) is 14.4 Å². The van der Waals surface area contributed by atoms with E-state index in [4.69, 9.17) is 33.2 Å². The second-order valence-electron chi connectivity index (χ2n) is 13.3. The first-order valence-corrected chi connectivity index (χ1v) is 18.3. The van der Waals surface area contributed by atoms with E-state index in [0.717, 1.165) is 38.5 Å². The largest absolute Gasteiger partial charge is 0.493 e. The number of nitrogens with zero attached hydrogens (tertiary/aromatic N) is 2. The van der Waals surface area contributed by atoms with Crippen molar-refractivity contribution in [2.45, 2.75) is 38.5 Å². The van der Waals surface area contributed by atoms with Crippen molar-refractivity contribution in [2.24, 2.45) is 17.8 Å². The SMILES string of the molecule is COC(=O)C(CC1CCN(C(=O)/C=C/C#Cc2cc(OC)c(OC)c(OC)c2)CC1)CC1CCN(C(=O)/C=C/C#Cc2cc(OC)c(OC)c(OC)c2)CC1. The first-order valence-electron chi connectivity index (χ1n) is 18.3. The van der Waals surface area contributed by atoms with Crippen LogP contribution in [0.3, 0.4) is 0 Å². The number of benzene rings is 2. The molecule has 2 aliphatic rings. The van der Waals surface area contributed by atoms with Crippen molar-refractivity contribution in [3.05, 3.63) is 59.7 Å². The molecule has 0 bridgehead atoms. The first-order chi connectivity index (χ1) is 26.7. The van der Waals surface area contributed by atoms with Crippen molar-refractivity contribution in [1.29, 1.82) is 0 Å². The average Bonchev–Trinajstić information content (AvgIpc) is 3.22. The van der Waals surface area contributed by atoms with E-state index in [9.17, 15) is 14.4 Å². The Labute approximate surface area is 324 Å². The number of esters is 1. The molecular formula is C43H52N2O10. The van der Waals surface area contributed by atoms with Gasteiger partial charge in [0, 0.05) is 49.5 Å². The molecule has 4 rings (SSSR count). The maximum absolute atomic E-state index is 12.9. The van der Waals surface area contributed by atoms with Gasteiger partial charge in [-0.25, -0.2) is 0 Å². The molecule has 294 valence electrons. The van der Waals surface area contributed by atoms with Crippen molar-refractivity contribution in [3.8, 4) is 58.2 Å². The fraction of sp³-hybridized carbons (Fsp3) is 0.465. The Bertz CT molecular complexity index is 1650. The summed E-state index contributed by atoms with van der Waals surface area (Å²) in [6.07, 6.45) is 10.8. The Morgan fingerprint density at radius 2 is 0.945 bits per heavy atom. The number of methoxy groups -OCH3 is 7. The van der Waals surface area contributed by atoms with Crippen molar-refractivity contribution in [1.82, 2.24) is 9.80 Å². The fourth-order valence-corrected chi connectivity index (χ4v) is 7.03. The van der Waals surface area contributed by atoms with Crippen molar-refractivity contribution < 1.29 is 47.5 Å². The van der Waals surface area contributed by atoms with Crippen LogP contribution in [0.2, 0.25) is 0 Å². The van der Waals surface area contributed by atoms with Gasteiger partial charge in [0.15, 0.2) is 23.0 Å². The lowest BCUT2D eigenvalue weighted by atomic mass is 9.80. The summed E-state index contributed by atoms with van der Waals surface area (Å²) < 4.78 is 37.4. The molecule has 0 aromatic heterocycles. The summed E-state index contributed by atoms with van der Waals surface area (Å²) in [4.78, 5) is 42.3. The molecule has 0 spiro atoms. The Morgan fingerprint density at radius 3 is 1.24 bits per heavy atom. The molecule has 2 heterocycles. The molecule has 2 aromatic rings. The normalized spacial score (nSPS) is 14.8. The number of carbonyl (C=O) groups excluding carboxylic acids is 3. The molecule has 0 atom stereocenters. The minimum Gasteiger partial charge on any atom is -0.493 e. The Hall–Kier alpha value is -5.75. The number of hydrogen-bond acceptors (Lipinski definition) is 10. The highest BCUT2D eigenvalue weighted by molar-refractivity contribution is 5.88. The van der Waals surface area contributed by atoms with Gasteiger partial charge in [-0.1, -0.05) is 23.7 Å². The monoisotopic (exact) mass is 756 g/mol. The second kappa shape index (κ2) is 21.2. The van der Waals surface area contributed by atoms with E-state index in [1.54, 1.807) is 64.9 Å². The number of allylic oxidation sites excluding steroid dienone is 2. The van der Waals surface area contributed by atoms with Gasteiger partial charge in [-0.15, -0.1) is 0 Å². The van der Waals surface area contributed by atoms with E-state index in [2.05, 4.69) is 23.7 Å². The molecule has 0 unspecified atom stereocenters. The summed E-state index contributed by atoms with van der Waals surface area (Å²) in [5.74, 6) is 14.9. The van der Waals surface area contributed by atoms with Gasteiger partial charge in [0.1, 0.15) is 0 Å².